The number of alkyl halides is 2. The average Bonchev–Trinajstić information content (AvgIpc) is 2.78. The largest absolute Gasteiger partial charge is 0.381 e. The minimum atomic E-state index is -3.15. The number of piperidine rings is 1. The lowest BCUT2D eigenvalue weighted by Gasteiger charge is -2.38. The van der Waals surface area contributed by atoms with Crippen LogP contribution in [0.4, 0.5) is 14.5 Å². The second kappa shape index (κ2) is 9.89. The molecule has 4 rings (SSSR count). The van der Waals surface area contributed by atoms with E-state index in [1.807, 2.05) is 0 Å². The van der Waals surface area contributed by atoms with Crippen LogP contribution in [0, 0.1) is 0 Å². The number of nitrogens with one attached hydrogen (secondary N) is 3. The lowest BCUT2D eigenvalue weighted by atomic mass is 9.80. The number of rotatable bonds is 6. The van der Waals surface area contributed by atoms with Crippen LogP contribution in [-0.4, -0.2) is 57.6 Å². The molecule has 32 heavy (non-hydrogen) atoms. The van der Waals surface area contributed by atoms with Gasteiger partial charge in [-0.3, -0.25) is 10.6 Å². The van der Waals surface area contributed by atoms with Crippen LogP contribution >= 0.6 is 0 Å². The van der Waals surface area contributed by atoms with Gasteiger partial charge in [0.2, 0.25) is 10.0 Å². The molecule has 3 N–H and O–H groups in total. The molecule has 7 nitrogen and oxygen atoms in total. The summed E-state index contributed by atoms with van der Waals surface area (Å²) >= 11 is 0. The molecule has 0 aromatic heterocycles. The minimum absolute atomic E-state index is 0.0794. The van der Waals surface area contributed by atoms with E-state index in [1.165, 1.54) is 10.6 Å². The highest BCUT2D eigenvalue weighted by atomic mass is 32.2. The third kappa shape index (κ3) is 5.41. The smallest absolute Gasteiger partial charge is 0.263 e. The number of nitrogens with zero attached hydrogens (tertiary/aromatic N) is 1. The van der Waals surface area contributed by atoms with Crippen LogP contribution in [-0.2, 0) is 21.3 Å². The number of halogens is 2. The van der Waals surface area contributed by atoms with E-state index in [1.54, 1.807) is 19.2 Å². The van der Waals surface area contributed by atoms with E-state index in [9.17, 15) is 17.2 Å². The van der Waals surface area contributed by atoms with Gasteiger partial charge >= 0.3 is 0 Å². The highest BCUT2D eigenvalue weighted by Gasteiger charge is 2.31. The van der Waals surface area contributed by atoms with Crippen molar-refractivity contribution in [1.82, 2.24) is 14.9 Å². The van der Waals surface area contributed by atoms with Gasteiger partial charge in [-0.25, -0.2) is 21.5 Å². The van der Waals surface area contributed by atoms with Crippen molar-refractivity contribution in [2.24, 2.45) is 0 Å². The summed E-state index contributed by atoms with van der Waals surface area (Å²) in [6.07, 6.45) is 4.01. The van der Waals surface area contributed by atoms with Crippen molar-refractivity contribution >= 4 is 15.7 Å². The molecule has 180 valence electrons. The van der Waals surface area contributed by atoms with Crippen molar-refractivity contribution in [2.45, 2.75) is 75.8 Å². The number of hydrogen-bond donors (Lipinski definition) is 3. The summed E-state index contributed by atoms with van der Waals surface area (Å²) in [5, 5.41) is 10.4. The molecule has 2 aliphatic heterocycles. The first kappa shape index (κ1) is 23.8. The van der Waals surface area contributed by atoms with E-state index >= 15 is 0 Å². The Balaban J connectivity index is 1.47. The zero-order valence-electron chi connectivity index (χ0n) is 18.7. The molecule has 0 radical (unpaired) electrons. The molecule has 0 spiro atoms. The summed E-state index contributed by atoms with van der Waals surface area (Å²) in [6, 6.07) is 3.47. The third-order valence-electron chi connectivity index (χ3n) is 7.08. The first-order chi connectivity index (χ1) is 15.2. The van der Waals surface area contributed by atoms with Crippen molar-refractivity contribution in [3.8, 4) is 0 Å². The fourth-order valence-corrected chi connectivity index (χ4v) is 6.10. The topological polar surface area (TPSA) is 82.7 Å². The maximum atomic E-state index is 13.6. The summed E-state index contributed by atoms with van der Waals surface area (Å²) in [5.74, 6) is 0.234. The molecular formula is C22H34F2N4O3S. The average molecular weight is 473 g/mol. The molecule has 1 saturated heterocycles. The van der Waals surface area contributed by atoms with Crippen LogP contribution in [0.5, 0.6) is 0 Å². The van der Waals surface area contributed by atoms with Gasteiger partial charge in [0.25, 0.3) is 6.43 Å². The van der Waals surface area contributed by atoms with Gasteiger partial charge in [0.1, 0.15) is 6.29 Å². The molecule has 1 saturated carbocycles. The number of ether oxygens (including phenoxy) is 1. The molecule has 10 heteroatoms. The first-order valence-electron chi connectivity index (χ1n) is 11.4. The van der Waals surface area contributed by atoms with Gasteiger partial charge in [0, 0.05) is 44.0 Å². The Morgan fingerprint density at radius 2 is 1.81 bits per heavy atom. The second-order valence-electron chi connectivity index (χ2n) is 9.22. The van der Waals surface area contributed by atoms with Crippen molar-refractivity contribution in [1.29, 1.82) is 0 Å². The highest BCUT2D eigenvalue weighted by molar-refractivity contribution is 7.88. The van der Waals surface area contributed by atoms with Gasteiger partial charge in [-0.1, -0.05) is 0 Å². The van der Waals surface area contributed by atoms with Gasteiger partial charge in [-0.2, -0.15) is 0 Å². The molecule has 1 aromatic rings. The maximum absolute atomic E-state index is 13.6. The summed E-state index contributed by atoms with van der Waals surface area (Å²) in [6.45, 7) is 1.51. The Morgan fingerprint density at radius 3 is 2.41 bits per heavy atom. The SMILES string of the molecule is COC1CCC(c2cc(C(F)F)cc3c2NC(NC2CCN(S(C)(=O)=O)CC2)NC3)CC1. The van der Waals surface area contributed by atoms with E-state index in [-0.39, 0.29) is 29.9 Å². The molecule has 0 bridgehead atoms. The van der Waals surface area contributed by atoms with Gasteiger partial charge in [0.15, 0.2) is 0 Å². The van der Waals surface area contributed by atoms with Crippen LogP contribution in [0.15, 0.2) is 12.1 Å². The maximum Gasteiger partial charge on any atom is 0.263 e. The monoisotopic (exact) mass is 472 g/mol. The lowest BCUT2D eigenvalue weighted by molar-refractivity contribution is 0.0658. The van der Waals surface area contributed by atoms with Crippen molar-refractivity contribution < 1.29 is 21.9 Å². The van der Waals surface area contributed by atoms with Crippen molar-refractivity contribution in [3.63, 3.8) is 0 Å². The zero-order valence-corrected chi connectivity index (χ0v) is 19.6. The predicted octanol–water partition coefficient (Wildman–Crippen LogP) is 3.11. The Kier molecular flexibility index (Phi) is 7.36. The number of benzene rings is 1. The number of sulfonamides is 1. The normalized spacial score (nSPS) is 27.8. The van der Waals surface area contributed by atoms with Gasteiger partial charge < -0.3 is 10.1 Å². The molecule has 1 aliphatic carbocycles. The van der Waals surface area contributed by atoms with Crippen molar-refractivity contribution in [2.75, 3.05) is 31.8 Å². The summed E-state index contributed by atoms with van der Waals surface area (Å²) in [5.41, 5.74) is 2.89. The second-order valence-corrected chi connectivity index (χ2v) is 11.2. The summed E-state index contributed by atoms with van der Waals surface area (Å²) < 4.78 is 57.6. The predicted molar refractivity (Wildman–Crippen MR) is 120 cm³/mol. The Hall–Kier alpha value is -1.33. The van der Waals surface area contributed by atoms with E-state index in [0.29, 0.717) is 19.6 Å². The third-order valence-corrected chi connectivity index (χ3v) is 8.39. The highest BCUT2D eigenvalue weighted by Crippen LogP contribution is 2.41. The Morgan fingerprint density at radius 1 is 1.12 bits per heavy atom. The van der Waals surface area contributed by atoms with E-state index < -0.39 is 16.4 Å². The molecule has 1 unspecified atom stereocenters. The first-order valence-corrected chi connectivity index (χ1v) is 13.3. The molecule has 1 atom stereocenters. The van der Waals surface area contributed by atoms with Crippen molar-refractivity contribution in [3.05, 3.63) is 28.8 Å². The Bertz CT molecular complexity index is 899. The van der Waals surface area contributed by atoms with E-state index in [4.69, 9.17) is 4.74 Å². The number of hydrogen-bond acceptors (Lipinski definition) is 6. The lowest BCUT2D eigenvalue weighted by Crippen LogP contribution is -2.56. The molecule has 2 heterocycles. The van der Waals surface area contributed by atoms with Crippen LogP contribution < -0.4 is 16.0 Å². The summed E-state index contributed by atoms with van der Waals surface area (Å²) in [7, 11) is -1.42. The molecule has 0 amide bonds. The Labute approximate surface area is 189 Å². The number of methoxy groups -OCH3 is 1. The quantitative estimate of drug-likeness (QED) is 0.590. The fourth-order valence-electron chi connectivity index (χ4n) is 5.22. The number of anilines is 1. The summed E-state index contributed by atoms with van der Waals surface area (Å²) in [4.78, 5) is 0. The van der Waals surface area contributed by atoms with Gasteiger partial charge in [0.05, 0.1) is 12.4 Å². The van der Waals surface area contributed by atoms with Gasteiger partial charge in [-0.05, 0) is 67.7 Å². The van der Waals surface area contributed by atoms with E-state index in [0.717, 1.165) is 55.3 Å². The van der Waals surface area contributed by atoms with Crippen LogP contribution in [0.25, 0.3) is 0 Å². The number of fused-ring (bicyclic) bond motifs is 1. The molecule has 3 aliphatic rings. The van der Waals surface area contributed by atoms with Crippen LogP contribution in [0.2, 0.25) is 0 Å². The minimum Gasteiger partial charge on any atom is -0.381 e. The molecule has 1 aromatic carbocycles. The molecule has 2 fully saturated rings. The zero-order chi connectivity index (χ0) is 22.9. The van der Waals surface area contributed by atoms with Crippen LogP contribution in [0.1, 0.15) is 67.6 Å². The van der Waals surface area contributed by atoms with E-state index in [2.05, 4.69) is 16.0 Å². The van der Waals surface area contributed by atoms with Gasteiger partial charge in [-0.15, -0.1) is 0 Å². The fraction of sp³-hybridized carbons (Fsp3) is 0.727. The van der Waals surface area contributed by atoms with Crippen LogP contribution in [0.3, 0.4) is 0 Å². The molecular weight excluding hydrogens is 438 g/mol. The standard InChI is InChI=1S/C22H34F2N4O3S/c1-31-18-5-3-14(4-6-18)19-12-15(21(23)24)11-16-13-25-22(27-20(16)19)26-17-7-9-28(10-8-17)32(2,29)30/h11-12,14,17-18,21-22,25-27H,3-10,13H2,1-2H3.